The van der Waals surface area contributed by atoms with Gasteiger partial charge in [-0.1, -0.05) is 35.3 Å². The molecule has 0 unspecified atom stereocenters. The topological polar surface area (TPSA) is 85.7 Å². The maximum atomic E-state index is 13.1. The van der Waals surface area contributed by atoms with E-state index in [-0.39, 0.29) is 18.1 Å². The van der Waals surface area contributed by atoms with Gasteiger partial charge in [0.05, 0.1) is 27.3 Å². The van der Waals surface area contributed by atoms with Crippen molar-refractivity contribution >= 4 is 34.6 Å². The van der Waals surface area contributed by atoms with Gasteiger partial charge in [0.2, 0.25) is 0 Å². The largest absolute Gasteiger partial charge is 0.490 e. The minimum absolute atomic E-state index is 0.0549. The van der Waals surface area contributed by atoms with E-state index in [1.165, 1.54) is 24.3 Å². The Morgan fingerprint density at radius 2 is 1.74 bits per heavy atom. The molecule has 3 aromatic carbocycles. The fraction of sp³-hybridized carbons (Fsp3) is 0.250. The van der Waals surface area contributed by atoms with Gasteiger partial charge in [-0.05, 0) is 48.4 Å². The highest BCUT2D eigenvalue weighted by Gasteiger charge is 2.13. The second-order valence-electron chi connectivity index (χ2n) is 7.28. The first-order valence-electron chi connectivity index (χ1n) is 10.6. The van der Waals surface area contributed by atoms with E-state index in [1.807, 2.05) is 13.0 Å². The van der Waals surface area contributed by atoms with Gasteiger partial charge in [0, 0.05) is 31.8 Å². The van der Waals surface area contributed by atoms with Crippen LogP contribution in [0.15, 0.2) is 54.6 Å². The number of halogens is 3. The van der Waals surface area contributed by atoms with E-state index in [9.17, 15) is 14.5 Å². The van der Waals surface area contributed by atoms with Crippen molar-refractivity contribution in [2.75, 3.05) is 25.0 Å². The third-order valence-electron chi connectivity index (χ3n) is 4.78. The molecule has 3 rings (SSSR count). The number of anilines is 1. The average molecular weight is 508 g/mol. The highest BCUT2D eigenvalue weighted by molar-refractivity contribution is 6.33. The standard InChI is InChI=1S/C24H24Cl2FN3O4/c1-2-33-23-12-17(11-21(26)24(23)34-15-16-3-5-18(27)6-4-16)14-28-9-10-29-22-8-7-19(30(31)32)13-20(22)25/h3-8,11-13,28-29H,2,9-10,14-15H2,1H3. The van der Waals surface area contributed by atoms with Crippen molar-refractivity contribution in [2.45, 2.75) is 20.1 Å². The summed E-state index contributed by atoms with van der Waals surface area (Å²) in [6.45, 7) is 4.25. The van der Waals surface area contributed by atoms with Crippen molar-refractivity contribution < 1.29 is 18.8 Å². The molecule has 0 heterocycles. The zero-order valence-corrected chi connectivity index (χ0v) is 20.0. The molecule has 0 aromatic heterocycles. The highest BCUT2D eigenvalue weighted by Crippen LogP contribution is 2.37. The van der Waals surface area contributed by atoms with Crippen LogP contribution in [0.1, 0.15) is 18.1 Å². The van der Waals surface area contributed by atoms with Gasteiger partial charge in [0.1, 0.15) is 12.4 Å². The number of hydrogen-bond acceptors (Lipinski definition) is 6. The first-order valence-corrected chi connectivity index (χ1v) is 11.3. The van der Waals surface area contributed by atoms with Crippen LogP contribution in [-0.4, -0.2) is 24.6 Å². The van der Waals surface area contributed by atoms with E-state index in [4.69, 9.17) is 32.7 Å². The number of nitrogens with zero attached hydrogens (tertiary/aromatic N) is 1. The number of hydrogen-bond donors (Lipinski definition) is 2. The summed E-state index contributed by atoms with van der Waals surface area (Å²) < 4.78 is 24.7. The number of nitrogens with one attached hydrogen (secondary N) is 2. The molecule has 0 aliphatic carbocycles. The Kier molecular flexibility index (Phi) is 9.33. The molecular formula is C24H24Cl2FN3O4. The van der Waals surface area contributed by atoms with Crippen LogP contribution in [0.3, 0.4) is 0 Å². The van der Waals surface area contributed by atoms with Crippen LogP contribution in [-0.2, 0) is 13.2 Å². The second-order valence-corrected chi connectivity index (χ2v) is 8.09. The minimum Gasteiger partial charge on any atom is -0.490 e. The van der Waals surface area contributed by atoms with Gasteiger partial charge in [-0.3, -0.25) is 10.1 Å². The summed E-state index contributed by atoms with van der Waals surface area (Å²) in [6.07, 6.45) is 0. The van der Waals surface area contributed by atoms with E-state index >= 15 is 0 Å². The zero-order valence-electron chi connectivity index (χ0n) is 18.4. The normalized spacial score (nSPS) is 10.7. The third kappa shape index (κ3) is 7.21. The number of non-ortho nitro benzene ring substituents is 1. The fourth-order valence-corrected chi connectivity index (χ4v) is 3.67. The highest BCUT2D eigenvalue weighted by atomic mass is 35.5. The lowest BCUT2D eigenvalue weighted by Gasteiger charge is -2.16. The van der Waals surface area contributed by atoms with E-state index in [0.717, 1.165) is 11.1 Å². The summed E-state index contributed by atoms with van der Waals surface area (Å²) in [5.41, 5.74) is 2.29. The van der Waals surface area contributed by atoms with Crippen LogP contribution in [0.4, 0.5) is 15.8 Å². The predicted octanol–water partition coefficient (Wildman–Crippen LogP) is 6.22. The molecule has 7 nitrogen and oxygen atoms in total. The van der Waals surface area contributed by atoms with Gasteiger partial charge in [0.25, 0.3) is 5.69 Å². The SMILES string of the molecule is CCOc1cc(CNCCNc2ccc([N+](=O)[O-])cc2Cl)cc(Cl)c1OCc1ccc(F)cc1. The maximum absolute atomic E-state index is 13.1. The first-order chi connectivity index (χ1) is 16.4. The third-order valence-corrected chi connectivity index (χ3v) is 5.37. The molecule has 0 aliphatic heterocycles. The first kappa shape index (κ1) is 25.6. The number of ether oxygens (including phenoxy) is 2. The number of nitro benzene ring substituents is 1. The molecule has 10 heteroatoms. The monoisotopic (exact) mass is 507 g/mol. The number of nitro groups is 1. The van der Waals surface area contributed by atoms with Crippen LogP contribution >= 0.6 is 23.2 Å². The second kappa shape index (κ2) is 12.4. The molecule has 34 heavy (non-hydrogen) atoms. The quantitative estimate of drug-likeness (QED) is 0.172. The molecule has 0 radical (unpaired) electrons. The van der Waals surface area contributed by atoms with Crippen LogP contribution in [0, 0.1) is 15.9 Å². The smallest absolute Gasteiger partial charge is 0.271 e. The van der Waals surface area contributed by atoms with E-state index in [1.54, 1.807) is 24.3 Å². The van der Waals surface area contributed by atoms with Gasteiger partial charge in [-0.2, -0.15) is 0 Å². The molecule has 2 N–H and O–H groups in total. The van der Waals surface area contributed by atoms with Crippen LogP contribution in [0.2, 0.25) is 10.0 Å². The lowest BCUT2D eigenvalue weighted by molar-refractivity contribution is -0.384. The van der Waals surface area contributed by atoms with Crippen molar-refractivity contribution in [3.8, 4) is 11.5 Å². The molecule has 0 fully saturated rings. The Hall–Kier alpha value is -3.07. The van der Waals surface area contributed by atoms with Crippen molar-refractivity contribution in [1.82, 2.24) is 5.32 Å². The molecule has 0 aliphatic rings. The Bertz CT molecular complexity index is 1130. The summed E-state index contributed by atoms with van der Waals surface area (Å²) >= 11 is 12.6. The summed E-state index contributed by atoms with van der Waals surface area (Å²) in [7, 11) is 0. The number of benzene rings is 3. The molecule has 0 atom stereocenters. The Morgan fingerprint density at radius 1 is 0.971 bits per heavy atom. The Labute approximate surface area is 206 Å². The van der Waals surface area contributed by atoms with Gasteiger partial charge in [-0.25, -0.2) is 4.39 Å². The van der Waals surface area contributed by atoms with Crippen molar-refractivity contribution in [1.29, 1.82) is 0 Å². The van der Waals surface area contributed by atoms with Crippen LogP contribution in [0.5, 0.6) is 11.5 Å². The van der Waals surface area contributed by atoms with Crippen LogP contribution < -0.4 is 20.1 Å². The molecule has 0 bridgehead atoms. The summed E-state index contributed by atoms with van der Waals surface area (Å²) in [6, 6.07) is 14.0. The Balaban J connectivity index is 1.54. The van der Waals surface area contributed by atoms with E-state index in [0.29, 0.717) is 53.5 Å². The number of rotatable bonds is 12. The molecule has 3 aromatic rings. The molecular weight excluding hydrogens is 484 g/mol. The lowest BCUT2D eigenvalue weighted by Crippen LogP contribution is -2.22. The van der Waals surface area contributed by atoms with Gasteiger partial charge in [-0.15, -0.1) is 0 Å². The van der Waals surface area contributed by atoms with E-state index < -0.39 is 4.92 Å². The maximum Gasteiger partial charge on any atom is 0.271 e. The summed E-state index contributed by atoms with van der Waals surface area (Å²) in [5.74, 6) is 0.662. The lowest BCUT2D eigenvalue weighted by atomic mass is 10.2. The van der Waals surface area contributed by atoms with Gasteiger partial charge < -0.3 is 20.1 Å². The van der Waals surface area contributed by atoms with Gasteiger partial charge >= 0.3 is 0 Å². The fourth-order valence-electron chi connectivity index (χ4n) is 3.14. The zero-order chi connectivity index (χ0) is 24.5. The summed E-state index contributed by atoms with van der Waals surface area (Å²) in [5, 5.41) is 17.9. The molecule has 180 valence electrons. The van der Waals surface area contributed by atoms with Crippen LogP contribution in [0.25, 0.3) is 0 Å². The van der Waals surface area contributed by atoms with Crippen molar-refractivity contribution in [3.63, 3.8) is 0 Å². The van der Waals surface area contributed by atoms with Gasteiger partial charge in [0.15, 0.2) is 11.5 Å². The molecule has 0 amide bonds. The molecule has 0 spiro atoms. The Morgan fingerprint density at radius 3 is 2.41 bits per heavy atom. The molecule has 0 saturated carbocycles. The minimum atomic E-state index is -0.488. The average Bonchev–Trinajstić information content (AvgIpc) is 2.80. The predicted molar refractivity (Wildman–Crippen MR) is 132 cm³/mol. The summed E-state index contributed by atoms with van der Waals surface area (Å²) in [4.78, 5) is 10.3. The van der Waals surface area contributed by atoms with E-state index in [2.05, 4.69) is 10.6 Å². The molecule has 0 saturated heterocycles. The van der Waals surface area contributed by atoms with Crippen molar-refractivity contribution in [2.24, 2.45) is 0 Å². The van der Waals surface area contributed by atoms with Crippen molar-refractivity contribution in [3.05, 3.63) is 91.7 Å².